The number of benzene rings is 1. The van der Waals surface area contributed by atoms with Crippen LogP contribution in [0.5, 0.6) is 0 Å². The average Bonchev–Trinajstić information content (AvgIpc) is 2.32. The van der Waals surface area contributed by atoms with Crippen molar-refractivity contribution in [2.24, 2.45) is 5.92 Å². The lowest BCUT2D eigenvalue weighted by Crippen LogP contribution is -2.16. The largest absolute Gasteiger partial charge is 0.393 e. The SMILES string of the molecule is Fc1ccccc1.N#CC1CCC(O)CC1. The first kappa shape index (κ1) is 12.7. The Labute approximate surface area is 95.3 Å². The van der Waals surface area contributed by atoms with E-state index in [2.05, 4.69) is 6.07 Å². The van der Waals surface area contributed by atoms with Gasteiger partial charge in [0.2, 0.25) is 0 Å². The molecule has 1 fully saturated rings. The highest BCUT2D eigenvalue weighted by atomic mass is 19.1. The number of rotatable bonds is 0. The van der Waals surface area contributed by atoms with E-state index in [0.29, 0.717) is 0 Å². The summed E-state index contributed by atoms with van der Waals surface area (Å²) < 4.78 is 11.9. The van der Waals surface area contributed by atoms with Gasteiger partial charge < -0.3 is 5.11 Å². The van der Waals surface area contributed by atoms with Crippen LogP contribution in [-0.2, 0) is 0 Å². The molecule has 0 atom stereocenters. The highest BCUT2D eigenvalue weighted by Gasteiger charge is 2.17. The molecule has 2 rings (SSSR count). The van der Waals surface area contributed by atoms with E-state index in [1.165, 1.54) is 12.1 Å². The molecule has 0 bridgehead atoms. The van der Waals surface area contributed by atoms with Crippen molar-refractivity contribution in [3.63, 3.8) is 0 Å². The van der Waals surface area contributed by atoms with Gasteiger partial charge in [-0.3, -0.25) is 0 Å². The lowest BCUT2D eigenvalue weighted by Gasteiger charge is -2.19. The van der Waals surface area contributed by atoms with Gasteiger partial charge in [0, 0.05) is 5.92 Å². The molecule has 1 aliphatic carbocycles. The van der Waals surface area contributed by atoms with Gasteiger partial charge in [-0.25, -0.2) is 4.39 Å². The summed E-state index contributed by atoms with van der Waals surface area (Å²) in [5, 5.41) is 17.5. The molecule has 0 radical (unpaired) electrons. The summed E-state index contributed by atoms with van der Waals surface area (Å²) in [5.74, 6) is 0.0379. The van der Waals surface area contributed by atoms with Gasteiger partial charge in [-0.15, -0.1) is 0 Å². The van der Waals surface area contributed by atoms with E-state index in [9.17, 15) is 4.39 Å². The molecule has 0 heterocycles. The minimum Gasteiger partial charge on any atom is -0.393 e. The molecular weight excluding hydrogens is 205 g/mol. The van der Waals surface area contributed by atoms with Crippen molar-refractivity contribution in [2.75, 3.05) is 0 Å². The summed E-state index contributed by atoms with van der Waals surface area (Å²) >= 11 is 0. The molecule has 16 heavy (non-hydrogen) atoms. The Kier molecular flexibility index (Phi) is 5.52. The Morgan fingerprint density at radius 2 is 1.69 bits per heavy atom. The lowest BCUT2D eigenvalue weighted by atomic mass is 9.89. The summed E-state index contributed by atoms with van der Waals surface area (Å²) in [6, 6.07) is 10.2. The second-order valence-electron chi connectivity index (χ2n) is 3.93. The first-order chi connectivity index (χ1) is 7.72. The van der Waals surface area contributed by atoms with Gasteiger partial charge >= 0.3 is 0 Å². The average molecular weight is 221 g/mol. The van der Waals surface area contributed by atoms with E-state index < -0.39 is 0 Å². The topological polar surface area (TPSA) is 44.0 Å². The molecule has 86 valence electrons. The second-order valence-corrected chi connectivity index (χ2v) is 3.93. The van der Waals surface area contributed by atoms with Gasteiger partial charge in [0.1, 0.15) is 5.82 Å². The predicted molar refractivity (Wildman–Crippen MR) is 60.0 cm³/mol. The van der Waals surface area contributed by atoms with E-state index in [1.54, 1.807) is 18.2 Å². The maximum Gasteiger partial charge on any atom is 0.123 e. The van der Waals surface area contributed by atoms with Crippen LogP contribution in [0.3, 0.4) is 0 Å². The Bertz CT molecular complexity index is 326. The van der Waals surface area contributed by atoms with Gasteiger partial charge in [0.25, 0.3) is 0 Å². The van der Waals surface area contributed by atoms with Crippen molar-refractivity contribution in [3.05, 3.63) is 36.1 Å². The third kappa shape index (κ3) is 4.90. The number of halogens is 1. The molecule has 0 saturated heterocycles. The Hall–Kier alpha value is -1.40. The van der Waals surface area contributed by atoms with Crippen molar-refractivity contribution in [1.29, 1.82) is 5.26 Å². The standard InChI is InChI=1S/C7H11NO.C6H5F/c8-5-6-1-3-7(9)4-2-6;7-6-4-2-1-3-5-6/h6-7,9H,1-4H2;1-5H. The van der Waals surface area contributed by atoms with Gasteiger partial charge in [0.15, 0.2) is 0 Å². The number of hydrogen-bond donors (Lipinski definition) is 1. The van der Waals surface area contributed by atoms with Crippen LogP contribution in [0.4, 0.5) is 4.39 Å². The zero-order valence-corrected chi connectivity index (χ0v) is 9.14. The fourth-order valence-corrected chi connectivity index (χ4v) is 1.62. The molecule has 0 spiro atoms. The molecule has 2 nitrogen and oxygen atoms in total. The van der Waals surface area contributed by atoms with E-state index in [0.717, 1.165) is 25.7 Å². The second kappa shape index (κ2) is 6.97. The summed E-state index contributed by atoms with van der Waals surface area (Å²) in [7, 11) is 0. The molecular formula is C13H16FNO. The van der Waals surface area contributed by atoms with E-state index in [1.807, 2.05) is 0 Å². The Morgan fingerprint density at radius 3 is 2.06 bits per heavy atom. The monoisotopic (exact) mass is 221 g/mol. The van der Waals surface area contributed by atoms with Crippen molar-refractivity contribution >= 4 is 0 Å². The highest BCUT2D eigenvalue weighted by Crippen LogP contribution is 2.22. The molecule has 3 heteroatoms. The zero-order chi connectivity index (χ0) is 11.8. The lowest BCUT2D eigenvalue weighted by molar-refractivity contribution is 0.119. The van der Waals surface area contributed by atoms with Crippen LogP contribution >= 0.6 is 0 Å². The van der Waals surface area contributed by atoms with Gasteiger partial charge in [-0.1, -0.05) is 18.2 Å². The third-order valence-corrected chi connectivity index (χ3v) is 2.61. The third-order valence-electron chi connectivity index (χ3n) is 2.61. The van der Waals surface area contributed by atoms with Crippen LogP contribution in [0.15, 0.2) is 30.3 Å². The predicted octanol–water partition coefficient (Wildman–Crippen LogP) is 2.89. The number of nitrogens with zero attached hydrogens (tertiary/aromatic N) is 1. The van der Waals surface area contributed by atoms with E-state index in [4.69, 9.17) is 10.4 Å². The summed E-state index contributed by atoms with van der Waals surface area (Å²) in [4.78, 5) is 0. The number of aliphatic hydroxyl groups is 1. The Balaban J connectivity index is 0.000000165. The molecule has 0 aromatic heterocycles. The Morgan fingerprint density at radius 1 is 1.12 bits per heavy atom. The first-order valence-corrected chi connectivity index (χ1v) is 5.50. The van der Waals surface area contributed by atoms with Gasteiger partial charge in [0.05, 0.1) is 12.2 Å². The summed E-state index contributed by atoms with van der Waals surface area (Å²) in [6.07, 6.45) is 3.28. The fourth-order valence-electron chi connectivity index (χ4n) is 1.62. The molecule has 1 aliphatic rings. The van der Waals surface area contributed by atoms with Crippen molar-refractivity contribution in [1.82, 2.24) is 0 Å². The molecule has 1 aromatic rings. The maximum atomic E-state index is 11.9. The normalized spacial score (nSPS) is 23.8. The zero-order valence-electron chi connectivity index (χ0n) is 9.14. The highest BCUT2D eigenvalue weighted by molar-refractivity contribution is 5.02. The molecule has 0 aliphatic heterocycles. The van der Waals surface area contributed by atoms with Crippen molar-refractivity contribution in [3.8, 4) is 6.07 Å². The molecule has 1 N–H and O–H groups in total. The number of hydrogen-bond acceptors (Lipinski definition) is 2. The van der Waals surface area contributed by atoms with Crippen molar-refractivity contribution in [2.45, 2.75) is 31.8 Å². The molecule has 0 unspecified atom stereocenters. The van der Waals surface area contributed by atoms with Gasteiger partial charge in [-0.05, 0) is 37.8 Å². The van der Waals surface area contributed by atoms with Crippen LogP contribution < -0.4 is 0 Å². The summed E-state index contributed by atoms with van der Waals surface area (Å²) in [5.41, 5.74) is 0. The molecule has 0 amide bonds. The smallest absolute Gasteiger partial charge is 0.123 e. The summed E-state index contributed by atoms with van der Waals surface area (Å²) in [6.45, 7) is 0. The van der Waals surface area contributed by atoms with Crippen LogP contribution in [0.1, 0.15) is 25.7 Å². The maximum absolute atomic E-state index is 11.9. The first-order valence-electron chi connectivity index (χ1n) is 5.50. The molecule has 1 aromatic carbocycles. The molecule has 1 saturated carbocycles. The van der Waals surface area contributed by atoms with Crippen LogP contribution in [0.2, 0.25) is 0 Å². The quantitative estimate of drug-likeness (QED) is 0.732. The number of aliphatic hydroxyl groups excluding tert-OH is 1. The van der Waals surface area contributed by atoms with Crippen molar-refractivity contribution < 1.29 is 9.50 Å². The van der Waals surface area contributed by atoms with Crippen LogP contribution in [-0.4, -0.2) is 11.2 Å². The number of nitriles is 1. The van der Waals surface area contributed by atoms with E-state index in [-0.39, 0.29) is 17.8 Å². The fraction of sp³-hybridized carbons (Fsp3) is 0.462. The van der Waals surface area contributed by atoms with Crippen LogP contribution in [0.25, 0.3) is 0 Å². The minimum atomic E-state index is -0.178. The minimum absolute atomic E-state index is 0.130. The van der Waals surface area contributed by atoms with Crippen LogP contribution in [0, 0.1) is 23.1 Å². The van der Waals surface area contributed by atoms with E-state index >= 15 is 0 Å². The van der Waals surface area contributed by atoms with Gasteiger partial charge in [-0.2, -0.15) is 5.26 Å².